The zero-order chi connectivity index (χ0) is 20.4. The highest BCUT2D eigenvalue weighted by Crippen LogP contribution is 2.37. The molecule has 2 amide bonds. The van der Waals surface area contributed by atoms with E-state index in [0.29, 0.717) is 21.2 Å². The fourth-order valence-electron chi connectivity index (χ4n) is 3.48. The first-order chi connectivity index (χ1) is 14.1. The van der Waals surface area contributed by atoms with E-state index in [1.807, 2.05) is 23.1 Å². The molecule has 2 heterocycles. The number of piperidine rings is 1. The molecule has 1 saturated heterocycles. The van der Waals surface area contributed by atoms with Crippen molar-refractivity contribution < 1.29 is 14.3 Å². The molecule has 1 aliphatic heterocycles. The van der Waals surface area contributed by atoms with Crippen LogP contribution in [0.4, 0.5) is 5.69 Å². The summed E-state index contributed by atoms with van der Waals surface area (Å²) < 4.78 is 6.12. The normalized spacial score (nSPS) is 14.1. The van der Waals surface area contributed by atoms with Crippen LogP contribution in [-0.4, -0.2) is 36.9 Å². The highest BCUT2D eigenvalue weighted by molar-refractivity contribution is 7.21. The Bertz CT molecular complexity index is 1060. The van der Waals surface area contributed by atoms with Crippen molar-refractivity contribution in [1.82, 2.24) is 4.90 Å². The zero-order valence-electron chi connectivity index (χ0n) is 16.0. The lowest BCUT2D eigenvalue weighted by molar-refractivity contribution is 0.0724. The minimum absolute atomic E-state index is 0.0454. The number of thiophene rings is 1. The number of ether oxygens (including phenoxy) is 1. The SMILES string of the molecule is COc1ccc2c(Cl)c(C(=O)Nc3ccc(C(=O)N4CCCCC4)cc3)sc2c1. The van der Waals surface area contributed by atoms with Gasteiger partial charge in [0.1, 0.15) is 10.6 Å². The fourth-order valence-corrected chi connectivity index (χ4v) is 4.92. The number of nitrogens with one attached hydrogen (secondary N) is 1. The molecule has 0 saturated carbocycles. The summed E-state index contributed by atoms with van der Waals surface area (Å²) >= 11 is 7.75. The summed E-state index contributed by atoms with van der Waals surface area (Å²) in [7, 11) is 1.60. The van der Waals surface area contributed by atoms with E-state index in [4.69, 9.17) is 16.3 Å². The van der Waals surface area contributed by atoms with Gasteiger partial charge in [-0.05, 0) is 61.7 Å². The Morgan fingerprint density at radius 1 is 1.07 bits per heavy atom. The Morgan fingerprint density at radius 2 is 1.79 bits per heavy atom. The van der Waals surface area contributed by atoms with Crippen molar-refractivity contribution in [3.05, 3.63) is 57.9 Å². The monoisotopic (exact) mass is 428 g/mol. The summed E-state index contributed by atoms with van der Waals surface area (Å²) in [5.41, 5.74) is 1.26. The number of amides is 2. The Hall–Kier alpha value is -2.57. The Labute approximate surface area is 178 Å². The van der Waals surface area contributed by atoms with Gasteiger partial charge in [0.15, 0.2) is 0 Å². The van der Waals surface area contributed by atoms with Gasteiger partial charge < -0.3 is 15.0 Å². The lowest BCUT2D eigenvalue weighted by atomic mass is 10.1. The molecule has 0 aliphatic carbocycles. The molecule has 0 unspecified atom stereocenters. The molecule has 0 bridgehead atoms. The number of benzene rings is 2. The van der Waals surface area contributed by atoms with Crippen LogP contribution in [0, 0.1) is 0 Å². The van der Waals surface area contributed by atoms with E-state index in [-0.39, 0.29) is 11.8 Å². The van der Waals surface area contributed by atoms with Crippen molar-refractivity contribution in [2.24, 2.45) is 0 Å². The number of hydrogen-bond donors (Lipinski definition) is 1. The number of carbonyl (C=O) groups is 2. The summed E-state index contributed by atoms with van der Waals surface area (Å²) in [5.74, 6) is 0.491. The van der Waals surface area contributed by atoms with Crippen LogP contribution in [0.25, 0.3) is 10.1 Å². The number of nitrogens with zero attached hydrogens (tertiary/aromatic N) is 1. The standard InChI is InChI=1S/C22H21ClN2O3S/c1-28-16-9-10-17-18(13-16)29-20(19(17)23)21(26)24-15-7-5-14(6-8-15)22(27)25-11-3-2-4-12-25/h5-10,13H,2-4,11-12H2,1H3,(H,24,26). The maximum absolute atomic E-state index is 12.7. The number of carbonyl (C=O) groups excluding carboxylic acids is 2. The molecule has 0 radical (unpaired) electrons. The molecule has 4 rings (SSSR count). The molecule has 1 fully saturated rings. The van der Waals surface area contributed by atoms with Gasteiger partial charge in [0, 0.05) is 34.4 Å². The minimum atomic E-state index is -0.273. The van der Waals surface area contributed by atoms with E-state index in [1.165, 1.54) is 17.8 Å². The Balaban J connectivity index is 1.49. The van der Waals surface area contributed by atoms with Crippen LogP contribution < -0.4 is 10.1 Å². The minimum Gasteiger partial charge on any atom is -0.497 e. The molecule has 7 heteroatoms. The predicted octanol–water partition coefficient (Wildman–Crippen LogP) is 5.44. The van der Waals surface area contributed by atoms with E-state index in [0.717, 1.165) is 41.8 Å². The van der Waals surface area contributed by atoms with Gasteiger partial charge in [0.25, 0.3) is 11.8 Å². The second-order valence-corrected chi connectivity index (χ2v) is 8.42. The van der Waals surface area contributed by atoms with Crippen molar-refractivity contribution >= 4 is 50.5 Å². The summed E-state index contributed by atoms with van der Waals surface area (Å²) in [6, 6.07) is 12.5. The zero-order valence-corrected chi connectivity index (χ0v) is 17.6. The fraction of sp³-hybridized carbons (Fsp3) is 0.273. The van der Waals surface area contributed by atoms with Gasteiger partial charge in [-0.1, -0.05) is 11.6 Å². The molecule has 5 nitrogen and oxygen atoms in total. The van der Waals surface area contributed by atoms with Crippen molar-refractivity contribution in [2.75, 3.05) is 25.5 Å². The molecule has 0 atom stereocenters. The maximum Gasteiger partial charge on any atom is 0.267 e. The second kappa shape index (κ2) is 8.43. The number of methoxy groups -OCH3 is 1. The van der Waals surface area contributed by atoms with Crippen molar-refractivity contribution in [2.45, 2.75) is 19.3 Å². The summed E-state index contributed by atoms with van der Waals surface area (Å²) in [6.07, 6.45) is 3.30. The van der Waals surface area contributed by atoms with E-state index in [9.17, 15) is 9.59 Å². The Morgan fingerprint density at radius 3 is 2.48 bits per heavy atom. The third-order valence-corrected chi connectivity index (χ3v) is 6.73. The highest BCUT2D eigenvalue weighted by atomic mass is 35.5. The smallest absolute Gasteiger partial charge is 0.267 e. The van der Waals surface area contributed by atoms with E-state index < -0.39 is 0 Å². The Kier molecular flexibility index (Phi) is 5.74. The van der Waals surface area contributed by atoms with Crippen LogP contribution >= 0.6 is 22.9 Å². The molecule has 0 spiro atoms. The van der Waals surface area contributed by atoms with Crippen LogP contribution in [0.1, 0.15) is 39.3 Å². The summed E-state index contributed by atoms with van der Waals surface area (Å²) in [4.78, 5) is 27.6. The van der Waals surface area contributed by atoms with Crippen LogP contribution in [-0.2, 0) is 0 Å². The number of hydrogen-bond acceptors (Lipinski definition) is 4. The van der Waals surface area contributed by atoms with E-state index in [1.54, 1.807) is 31.4 Å². The molecule has 1 aromatic heterocycles. The first-order valence-electron chi connectivity index (χ1n) is 9.53. The lowest BCUT2D eigenvalue weighted by Gasteiger charge is -2.26. The predicted molar refractivity (Wildman–Crippen MR) is 118 cm³/mol. The highest BCUT2D eigenvalue weighted by Gasteiger charge is 2.20. The molecule has 1 aliphatic rings. The summed E-state index contributed by atoms with van der Waals surface area (Å²) in [5, 5.41) is 4.12. The van der Waals surface area contributed by atoms with Crippen LogP contribution in [0.5, 0.6) is 5.75 Å². The lowest BCUT2D eigenvalue weighted by Crippen LogP contribution is -2.35. The van der Waals surface area contributed by atoms with Gasteiger partial charge >= 0.3 is 0 Å². The molecule has 3 aromatic rings. The molecule has 1 N–H and O–H groups in total. The third kappa shape index (κ3) is 4.09. The van der Waals surface area contributed by atoms with Crippen LogP contribution in [0.15, 0.2) is 42.5 Å². The average Bonchev–Trinajstić information content (AvgIpc) is 3.10. The number of rotatable bonds is 4. The second-order valence-electron chi connectivity index (χ2n) is 6.99. The van der Waals surface area contributed by atoms with Crippen molar-refractivity contribution in [1.29, 1.82) is 0 Å². The quantitative estimate of drug-likeness (QED) is 0.601. The van der Waals surface area contributed by atoms with Gasteiger partial charge in [-0.3, -0.25) is 9.59 Å². The largest absolute Gasteiger partial charge is 0.497 e. The van der Waals surface area contributed by atoms with E-state index >= 15 is 0 Å². The molecule has 150 valence electrons. The first-order valence-corrected chi connectivity index (χ1v) is 10.7. The molecule has 29 heavy (non-hydrogen) atoms. The van der Waals surface area contributed by atoms with E-state index in [2.05, 4.69) is 5.32 Å². The van der Waals surface area contributed by atoms with Gasteiger partial charge in [-0.2, -0.15) is 0 Å². The molecular weight excluding hydrogens is 408 g/mol. The van der Waals surface area contributed by atoms with Crippen LogP contribution in [0.2, 0.25) is 5.02 Å². The third-order valence-electron chi connectivity index (χ3n) is 5.08. The number of likely N-dealkylation sites (tertiary alicyclic amines) is 1. The van der Waals surface area contributed by atoms with Crippen LogP contribution in [0.3, 0.4) is 0 Å². The molecular formula is C22H21ClN2O3S. The first kappa shape index (κ1) is 19.7. The van der Waals surface area contributed by atoms with Gasteiger partial charge in [0.2, 0.25) is 0 Å². The number of anilines is 1. The average molecular weight is 429 g/mol. The molecule has 2 aromatic carbocycles. The summed E-state index contributed by atoms with van der Waals surface area (Å²) in [6.45, 7) is 1.62. The van der Waals surface area contributed by atoms with Gasteiger partial charge in [-0.15, -0.1) is 11.3 Å². The maximum atomic E-state index is 12.7. The number of halogens is 1. The number of fused-ring (bicyclic) bond motifs is 1. The van der Waals surface area contributed by atoms with Crippen molar-refractivity contribution in [3.8, 4) is 5.75 Å². The van der Waals surface area contributed by atoms with Gasteiger partial charge in [-0.25, -0.2) is 0 Å². The topological polar surface area (TPSA) is 58.6 Å². The van der Waals surface area contributed by atoms with Gasteiger partial charge in [0.05, 0.1) is 12.1 Å². The van der Waals surface area contributed by atoms with Crippen molar-refractivity contribution in [3.63, 3.8) is 0 Å².